The van der Waals surface area contributed by atoms with Crippen LogP contribution in [0.4, 0.5) is 0 Å². The average molecular weight is 224 g/mol. The molecule has 2 aliphatic rings. The third-order valence-electron chi connectivity index (χ3n) is 4.51. The van der Waals surface area contributed by atoms with Crippen molar-refractivity contribution in [1.82, 2.24) is 10.6 Å². The van der Waals surface area contributed by atoms with Gasteiger partial charge in [-0.15, -0.1) is 0 Å². The van der Waals surface area contributed by atoms with Crippen LogP contribution in [0.15, 0.2) is 0 Å². The number of rotatable bonds is 3. The van der Waals surface area contributed by atoms with E-state index in [4.69, 9.17) is 0 Å². The number of nitrogens with one attached hydrogen (secondary N) is 2. The zero-order chi connectivity index (χ0) is 11.4. The van der Waals surface area contributed by atoms with Gasteiger partial charge in [0.15, 0.2) is 0 Å². The molecular weight excluding hydrogens is 196 g/mol. The van der Waals surface area contributed by atoms with Crippen molar-refractivity contribution in [3.8, 4) is 0 Å². The first-order valence-corrected chi connectivity index (χ1v) is 7.12. The number of hydrogen-bond donors (Lipinski definition) is 2. The minimum Gasteiger partial charge on any atom is -0.316 e. The van der Waals surface area contributed by atoms with Gasteiger partial charge >= 0.3 is 0 Å². The van der Waals surface area contributed by atoms with Crippen molar-refractivity contribution in [3.05, 3.63) is 0 Å². The molecule has 1 atom stereocenters. The molecule has 0 spiro atoms. The summed E-state index contributed by atoms with van der Waals surface area (Å²) < 4.78 is 0. The molecule has 0 radical (unpaired) electrons. The van der Waals surface area contributed by atoms with Gasteiger partial charge in [0.2, 0.25) is 0 Å². The van der Waals surface area contributed by atoms with E-state index in [1.54, 1.807) is 0 Å². The zero-order valence-electron chi connectivity index (χ0n) is 11.0. The van der Waals surface area contributed by atoms with E-state index in [1.807, 2.05) is 0 Å². The summed E-state index contributed by atoms with van der Waals surface area (Å²) in [4.78, 5) is 0. The second-order valence-corrected chi connectivity index (χ2v) is 6.42. The molecule has 2 rings (SSSR count). The lowest BCUT2D eigenvalue weighted by molar-refractivity contribution is 0.174. The Kier molecular flexibility index (Phi) is 4.26. The topological polar surface area (TPSA) is 24.1 Å². The van der Waals surface area contributed by atoms with Crippen molar-refractivity contribution in [2.45, 2.75) is 58.4 Å². The van der Waals surface area contributed by atoms with Crippen LogP contribution in [0.3, 0.4) is 0 Å². The molecule has 0 bridgehead atoms. The number of hydrogen-bond acceptors (Lipinski definition) is 2. The monoisotopic (exact) mass is 224 g/mol. The van der Waals surface area contributed by atoms with Crippen LogP contribution in [-0.2, 0) is 0 Å². The molecule has 2 N–H and O–H groups in total. The highest BCUT2D eigenvalue weighted by Gasteiger charge is 2.32. The molecule has 1 saturated heterocycles. The molecule has 1 aliphatic carbocycles. The van der Waals surface area contributed by atoms with Crippen LogP contribution in [0.1, 0.15) is 52.4 Å². The second-order valence-electron chi connectivity index (χ2n) is 6.42. The standard InChI is InChI=1S/C14H28N2/c1-14(2)11-15-9-8-13(14)16-10-12-6-4-3-5-7-12/h12-13,15-16H,3-11H2,1-2H3. The van der Waals surface area contributed by atoms with Gasteiger partial charge in [-0.1, -0.05) is 33.1 Å². The Morgan fingerprint density at radius 2 is 1.88 bits per heavy atom. The molecule has 1 aliphatic heterocycles. The molecule has 2 fully saturated rings. The van der Waals surface area contributed by atoms with Crippen LogP contribution in [0.2, 0.25) is 0 Å². The van der Waals surface area contributed by atoms with E-state index in [0.29, 0.717) is 5.41 Å². The molecule has 0 aromatic heterocycles. The summed E-state index contributed by atoms with van der Waals surface area (Å²) in [5.41, 5.74) is 0.424. The van der Waals surface area contributed by atoms with E-state index in [0.717, 1.165) is 18.5 Å². The third kappa shape index (κ3) is 3.21. The Labute approximate surface area is 101 Å². The van der Waals surface area contributed by atoms with Crippen LogP contribution in [0, 0.1) is 11.3 Å². The van der Waals surface area contributed by atoms with Gasteiger partial charge in [0, 0.05) is 12.6 Å². The van der Waals surface area contributed by atoms with Gasteiger partial charge < -0.3 is 10.6 Å². The van der Waals surface area contributed by atoms with Crippen molar-refractivity contribution in [2.24, 2.45) is 11.3 Å². The fraction of sp³-hybridized carbons (Fsp3) is 1.00. The highest BCUT2D eigenvalue weighted by molar-refractivity contribution is 4.90. The normalized spacial score (nSPS) is 31.5. The largest absolute Gasteiger partial charge is 0.316 e. The van der Waals surface area contributed by atoms with Crippen LogP contribution in [0.5, 0.6) is 0 Å². The lowest BCUT2D eigenvalue weighted by Crippen LogP contribution is -2.53. The van der Waals surface area contributed by atoms with Crippen LogP contribution < -0.4 is 10.6 Å². The minimum absolute atomic E-state index is 0.424. The van der Waals surface area contributed by atoms with Crippen molar-refractivity contribution >= 4 is 0 Å². The SMILES string of the molecule is CC1(C)CNCCC1NCC1CCCCC1. The molecule has 1 unspecified atom stereocenters. The summed E-state index contributed by atoms with van der Waals surface area (Å²) in [6.45, 7) is 8.38. The smallest absolute Gasteiger partial charge is 0.0142 e. The summed E-state index contributed by atoms with van der Waals surface area (Å²) in [5.74, 6) is 0.958. The summed E-state index contributed by atoms with van der Waals surface area (Å²) in [6, 6.07) is 0.718. The predicted molar refractivity (Wildman–Crippen MR) is 69.6 cm³/mol. The van der Waals surface area contributed by atoms with E-state index in [2.05, 4.69) is 24.5 Å². The molecule has 94 valence electrons. The lowest BCUT2D eigenvalue weighted by atomic mass is 9.79. The first-order chi connectivity index (χ1) is 7.68. The van der Waals surface area contributed by atoms with E-state index in [-0.39, 0.29) is 0 Å². The maximum absolute atomic E-state index is 3.84. The molecule has 0 aromatic carbocycles. The first kappa shape index (κ1) is 12.4. The van der Waals surface area contributed by atoms with Gasteiger partial charge in [-0.05, 0) is 43.7 Å². The number of piperidine rings is 1. The molecule has 0 aromatic rings. The molecule has 0 amide bonds. The molecule has 2 nitrogen and oxygen atoms in total. The Hall–Kier alpha value is -0.0800. The van der Waals surface area contributed by atoms with E-state index >= 15 is 0 Å². The van der Waals surface area contributed by atoms with E-state index < -0.39 is 0 Å². The second kappa shape index (κ2) is 5.50. The molecular formula is C14H28N2. The highest BCUT2D eigenvalue weighted by atomic mass is 15.0. The lowest BCUT2D eigenvalue weighted by Gasteiger charge is -2.40. The summed E-state index contributed by atoms with van der Waals surface area (Å²) in [6.07, 6.45) is 8.59. The first-order valence-electron chi connectivity index (χ1n) is 7.12. The van der Waals surface area contributed by atoms with E-state index in [1.165, 1.54) is 51.6 Å². The van der Waals surface area contributed by atoms with Gasteiger partial charge in [-0.25, -0.2) is 0 Å². The quantitative estimate of drug-likeness (QED) is 0.770. The summed E-state index contributed by atoms with van der Waals surface area (Å²) in [7, 11) is 0. The Morgan fingerprint density at radius 1 is 1.12 bits per heavy atom. The van der Waals surface area contributed by atoms with E-state index in [9.17, 15) is 0 Å². The van der Waals surface area contributed by atoms with Gasteiger partial charge in [0.1, 0.15) is 0 Å². The Balaban J connectivity index is 1.75. The maximum Gasteiger partial charge on any atom is 0.0142 e. The summed E-state index contributed by atoms with van der Waals surface area (Å²) in [5, 5.41) is 7.34. The third-order valence-corrected chi connectivity index (χ3v) is 4.51. The minimum atomic E-state index is 0.424. The average Bonchev–Trinajstić information content (AvgIpc) is 2.28. The molecule has 1 heterocycles. The van der Waals surface area contributed by atoms with Crippen molar-refractivity contribution < 1.29 is 0 Å². The predicted octanol–water partition coefficient (Wildman–Crippen LogP) is 2.54. The van der Waals surface area contributed by atoms with Gasteiger partial charge in [0.25, 0.3) is 0 Å². The highest BCUT2D eigenvalue weighted by Crippen LogP contribution is 2.27. The van der Waals surface area contributed by atoms with Crippen molar-refractivity contribution in [3.63, 3.8) is 0 Å². The molecule has 2 heteroatoms. The zero-order valence-corrected chi connectivity index (χ0v) is 11.0. The fourth-order valence-electron chi connectivity index (χ4n) is 3.25. The van der Waals surface area contributed by atoms with Crippen LogP contribution in [0.25, 0.3) is 0 Å². The Morgan fingerprint density at radius 3 is 2.56 bits per heavy atom. The molecule has 1 saturated carbocycles. The van der Waals surface area contributed by atoms with Crippen molar-refractivity contribution in [2.75, 3.05) is 19.6 Å². The van der Waals surface area contributed by atoms with Crippen LogP contribution in [-0.4, -0.2) is 25.7 Å². The maximum atomic E-state index is 3.84. The fourth-order valence-corrected chi connectivity index (χ4v) is 3.25. The molecule has 16 heavy (non-hydrogen) atoms. The van der Waals surface area contributed by atoms with Crippen LogP contribution >= 0.6 is 0 Å². The van der Waals surface area contributed by atoms with Gasteiger partial charge in [0.05, 0.1) is 0 Å². The summed E-state index contributed by atoms with van der Waals surface area (Å²) >= 11 is 0. The van der Waals surface area contributed by atoms with Gasteiger partial charge in [-0.2, -0.15) is 0 Å². The van der Waals surface area contributed by atoms with Crippen molar-refractivity contribution in [1.29, 1.82) is 0 Å². The van der Waals surface area contributed by atoms with Gasteiger partial charge in [-0.3, -0.25) is 0 Å². The Bertz CT molecular complexity index is 207.